The molecule has 0 aliphatic carbocycles. The molecule has 1 aromatic heterocycles. The van der Waals surface area contributed by atoms with Crippen LogP contribution in [0.1, 0.15) is 19.4 Å². The Bertz CT molecular complexity index is 1390. The number of benzene rings is 2. The van der Waals surface area contributed by atoms with E-state index < -0.39 is 10.0 Å². The zero-order valence-corrected chi connectivity index (χ0v) is 22.3. The van der Waals surface area contributed by atoms with E-state index in [1.165, 1.54) is 30.2 Å². The summed E-state index contributed by atoms with van der Waals surface area (Å²) < 4.78 is 28.4. The van der Waals surface area contributed by atoms with Gasteiger partial charge in [0.15, 0.2) is 0 Å². The third-order valence-corrected chi connectivity index (χ3v) is 8.58. The Hall–Kier alpha value is -2.79. The van der Waals surface area contributed by atoms with Crippen molar-refractivity contribution in [2.24, 2.45) is 5.92 Å². The Morgan fingerprint density at radius 1 is 1.09 bits per heavy atom. The van der Waals surface area contributed by atoms with E-state index in [-0.39, 0.29) is 10.8 Å². The summed E-state index contributed by atoms with van der Waals surface area (Å²) >= 11 is 6.74. The molecule has 182 valence electrons. The molecule has 0 radical (unpaired) electrons. The molecular formula is C25H26N4O3S3. The second-order valence-electron chi connectivity index (χ2n) is 8.71. The highest BCUT2D eigenvalue weighted by molar-refractivity contribution is 8.26. The molecule has 3 aromatic rings. The summed E-state index contributed by atoms with van der Waals surface area (Å²) in [5.74, 6) is 0.185. The number of hydrogen-bond acceptors (Lipinski definition) is 6. The maximum Gasteiger partial charge on any atom is 0.266 e. The van der Waals surface area contributed by atoms with Crippen LogP contribution in [0, 0.1) is 5.92 Å². The lowest BCUT2D eigenvalue weighted by molar-refractivity contribution is -0.122. The molecule has 10 heteroatoms. The van der Waals surface area contributed by atoms with Gasteiger partial charge in [0, 0.05) is 38.0 Å². The highest BCUT2D eigenvalue weighted by Gasteiger charge is 2.32. The molecule has 0 bridgehead atoms. The lowest BCUT2D eigenvalue weighted by Crippen LogP contribution is -2.31. The fourth-order valence-corrected chi connectivity index (χ4v) is 5.76. The summed E-state index contributed by atoms with van der Waals surface area (Å²) in [4.78, 5) is 15.4. The zero-order valence-electron chi connectivity index (χ0n) is 19.9. The Morgan fingerprint density at radius 3 is 2.34 bits per heavy atom. The summed E-state index contributed by atoms with van der Waals surface area (Å²) in [6, 6.07) is 16.3. The molecule has 0 unspecified atom stereocenters. The Morgan fingerprint density at radius 2 is 1.74 bits per heavy atom. The van der Waals surface area contributed by atoms with Crippen LogP contribution >= 0.6 is 24.0 Å². The Kier molecular flexibility index (Phi) is 7.27. The maximum atomic E-state index is 13.0. The van der Waals surface area contributed by atoms with Crippen molar-refractivity contribution in [3.8, 4) is 16.9 Å². The molecule has 1 aliphatic heterocycles. The van der Waals surface area contributed by atoms with Crippen LogP contribution in [0.4, 0.5) is 0 Å². The van der Waals surface area contributed by atoms with Crippen LogP contribution in [-0.2, 0) is 14.8 Å². The molecule has 0 saturated carbocycles. The van der Waals surface area contributed by atoms with Crippen LogP contribution < -0.4 is 0 Å². The van der Waals surface area contributed by atoms with E-state index in [4.69, 9.17) is 17.3 Å². The molecular weight excluding hydrogens is 501 g/mol. The molecule has 2 heterocycles. The monoisotopic (exact) mass is 526 g/mol. The lowest BCUT2D eigenvalue weighted by Gasteiger charge is -2.16. The predicted molar refractivity (Wildman–Crippen MR) is 145 cm³/mol. The number of hydrogen-bond donors (Lipinski definition) is 0. The molecule has 1 aliphatic rings. The maximum absolute atomic E-state index is 13.0. The third kappa shape index (κ3) is 5.25. The second-order valence-corrected chi connectivity index (χ2v) is 12.5. The van der Waals surface area contributed by atoms with Gasteiger partial charge in [-0.3, -0.25) is 9.69 Å². The molecule has 4 rings (SSSR count). The van der Waals surface area contributed by atoms with Gasteiger partial charge in [0.05, 0.1) is 21.2 Å². The van der Waals surface area contributed by atoms with Gasteiger partial charge in [-0.15, -0.1) is 0 Å². The largest absolute Gasteiger partial charge is 0.293 e. The van der Waals surface area contributed by atoms with Gasteiger partial charge in [0.25, 0.3) is 5.91 Å². The minimum atomic E-state index is -3.54. The van der Waals surface area contributed by atoms with E-state index in [0.29, 0.717) is 27.4 Å². The normalized spacial score (nSPS) is 15.7. The van der Waals surface area contributed by atoms with Crippen LogP contribution in [0.15, 0.2) is 70.6 Å². The summed E-state index contributed by atoms with van der Waals surface area (Å²) in [6.45, 7) is 4.66. The molecule has 7 nitrogen and oxygen atoms in total. The number of nitrogens with zero attached hydrogens (tertiary/aromatic N) is 4. The number of aromatic nitrogens is 2. The van der Waals surface area contributed by atoms with Crippen molar-refractivity contribution in [3.05, 3.63) is 71.3 Å². The van der Waals surface area contributed by atoms with Gasteiger partial charge in [-0.1, -0.05) is 68.2 Å². The minimum absolute atomic E-state index is 0.112. The first-order valence-corrected chi connectivity index (χ1v) is 13.7. The van der Waals surface area contributed by atoms with Crippen molar-refractivity contribution in [2.45, 2.75) is 18.7 Å². The van der Waals surface area contributed by atoms with Crippen molar-refractivity contribution < 1.29 is 13.2 Å². The number of thioether (sulfide) groups is 1. The highest BCUT2D eigenvalue weighted by Crippen LogP contribution is 2.35. The van der Waals surface area contributed by atoms with Gasteiger partial charge in [0.2, 0.25) is 10.0 Å². The lowest BCUT2D eigenvalue weighted by atomic mass is 10.1. The number of carbonyl (C=O) groups excluding carboxylic acids is 1. The van der Waals surface area contributed by atoms with E-state index in [9.17, 15) is 13.2 Å². The minimum Gasteiger partial charge on any atom is -0.293 e. The first-order chi connectivity index (χ1) is 16.6. The zero-order chi connectivity index (χ0) is 25.3. The van der Waals surface area contributed by atoms with E-state index in [2.05, 4.69) is 0 Å². The van der Waals surface area contributed by atoms with Crippen molar-refractivity contribution in [2.75, 3.05) is 20.6 Å². The molecule has 2 aromatic carbocycles. The molecule has 0 atom stereocenters. The smallest absolute Gasteiger partial charge is 0.266 e. The summed E-state index contributed by atoms with van der Waals surface area (Å²) in [6.07, 6.45) is 3.68. The van der Waals surface area contributed by atoms with Crippen LogP contribution in [0.25, 0.3) is 23.0 Å². The fraction of sp³-hybridized carbons (Fsp3) is 0.240. The number of thiocarbonyl (C=S) groups is 1. The molecule has 35 heavy (non-hydrogen) atoms. The van der Waals surface area contributed by atoms with E-state index in [1.807, 2.05) is 56.5 Å². The van der Waals surface area contributed by atoms with E-state index in [1.54, 1.807) is 33.8 Å². The van der Waals surface area contributed by atoms with Gasteiger partial charge in [0.1, 0.15) is 4.32 Å². The summed E-state index contributed by atoms with van der Waals surface area (Å²) in [5.41, 5.74) is 2.98. The molecule has 1 saturated heterocycles. The number of para-hydroxylation sites is 1. The van der Waals surface area contributed by atoms with Gasteiger partial charge >= 0.3 is 0 Å². The van der Waals surface area contributed by atoms with Gasteiger partial charge < -0.3 is 0 Å². The van der Waals surface area contributed by atoms with Crippen LogP contribution in [0.2, 0.25) is 0 Å². The number of sulfonamides is 1. The van der Waals surface area contributed by atoms with Crippen LogP contribution in [0.3, 0.4) is 0 Å². The highest BCUT2D eigenvalue weighted by atomic mass is 32.2. The first-order valence-electron chi connectivity index (χ1n) is 11.0. The molecule has 1 amide bonds. The topological polar surface area (TPSA) is 75.5 Å². The van der Waals surface area contributed by atoms with Crippen molar-refractivity contribution in [1.29, 1.82) is 0 Å². The average molecular weight is 527 g/mol. The standard InChI is InChI=1S/C25H26N4O3S3/c1-17(2)15-28-24(30)22(34-25(28)33)14-19-16-29(20-8-6-5-7-9-20)26-23(19)18-10-12-21(13-11-18)35(31,32)27(3)4/h5-14,16-17H,15H2,1-4H3/b22-14-. The van der Waals surface area contributed by atoms with Crippen molar-refractivity contribution in [1.82, 2.24) is 19.0 Å². The van der Waals surface area contributed by atoms with E-state index >= 15 is 0 Å². The number of carbonyl (C=O) groups is 1. The van der Waals surface area contributed by atoms with E-state index in [0.717, 1.165) is 16.8 Å². The van der Waals surface area contributed by atoms with Crippen molar-refractivity contribution in [3.63, 3.8) is 0 Å². The predicted octanol–water partition coefficient (Wildman–Crippen LogP) is 4.65. The quantitative estimate of drug-likeness (QED) is 0.330. The fourth-order valence-electron chi connectivity index (χ4n) is 3.59. The number of amides is 1. The summed E-state index contributed by atoms with van der Waals surface area (Å²) in [7, 11) is -0.547. The van der Waals surface area contributed by atoms with Crippen LogP contribution in [0.5, 0.6) is 0 Å². The first kappa shape index (κ1) is 25.3. The number of rotatable bonds is 7. The molecule has 0 spiro atoms. The van der Waals surface area contributed by atoms with Crippen LogP contribution in [-0.4, -0.2) is 58.3 Å². The van der Waals surface area contributed by atoms with Gasteiger partial charge in [-0.05, 0) is 36.3 Å². The third-order valence-electron chi connectivity index (χ3n) is 5.38. The Balaban J connectivity index is 1.78. The van der Waals surface area contributed by atoms with Gasteiger partial charge in [-0.25, -0.2) is 17.4 Å². The summed E-state index contributed by atoms with van der Waals surface area (Å²) in [5, 5.41) is 4.78. The SMILES string of the molecule is CC(C)CN1C(=O)/C(=C/c2cn(-c3ccccc3)nc2-c2ccc(S(=O)(=O)N(C)C)cc2)SC1=S. The molecule has 0 N–H and O–H groups in total. The van der Waals surface area contributed by atoms with Gasteiger partial charge in [-0.2, -0.15) is 5.10 Å². The Labute approximate surface area is 215 Å². The van der Waals surface area contributed by atoms with Crippen molar-refractivity contribution >= 4 is 50.3 Å². The molecule has 1 fully saturated rings. The average Bonchev–Trinajstić information content (AvgIpc) is 3.36. The second kappa shape index (κ2) is 10.1.